The van der Waals surface area contributed by atoms with Crippen molar-refractivity contribution in [3.63, 3.8) is 0 Å². The summed E-state index contributed by atoms with van der Waals surface area (Å²) in [7, 11) is 0. The maximum atomic E-state index is 11.3. The molecule has 3 nitrogen and oxygen atoms in total. The molecule has 0 saturated heterocycles. The zero-order valence-corrected chi connectivity index (χ0v) is 11.8. The number of carbonyl (C=O) groups excluding carboxylic acids is 1. The summed E-state index contributed by atoms with van der Waals surface area (Å²) in [4.78, 5) is 13.2. The monoisotopic (exact) mass is 299 g/mol. The van der Waals surface area contributed by atoms with Crippen molar-refractivity contribution in [2.45, 2.75) is 18.7 Å². The van der Waals surface area contributed by atoms with E-state index >= 15 is 0 Å². The van der Waals surface area contributed by atoms with Crippen molar-refractivity contribution in [1.82, 2.24) is 0 Å². The molecule has 0 aliphatic heterocycles. The van der Waals surface area contributed by atoms with E-state index < -0.39 is 0 Å². The molecular weight excluding hydrogens is 282 g/mol. The number of rotatable bonds is 6. The van der Waals surface area contributed by atoms with Crippen molar-refractivity contribution in [1.29, 1.82) is 0 Å². The fourth-order valence-corrected chi connectivity index (χ4v) is 1.61. The highest BCUT2D eigenvalue weighted by atomic mass is 79.9. The quantitative estimate of drug-likeness (QED) is 0.597. The van der Waals surface area contributed by atoms with Crippen LogP contribution in [-0.2, 0) is 9.53 Å². The van der Waals surface area contributed by atoms with Crippen molar-refractivity contribution in [2.75, 3.05) is 24.6 Å². The zero-order chi connectivity index (χ0) is 12.7. The van der Waals surface area contributed by atoms with Gasteiger partial charge < -0.3 is 9.64 Å². The van der Waals surface area contributed by atoms with Gasteiger partial charge in [0, 0.05) is 12.2 Å². The SMILES string of the molecule is CCN(CCOC(=O)C(C)Br)c1ccccc1. The number of para-hydroxylation sites is 1. The van der Waals surface area contributed by atoms with Gasteiger partial charge in [-0.25, -0.2) is 0 Å². The lowest BCUT2D eigenvalue weighted by molar-refractivity contribution is -0.142. The van der Waals surface area contributed by atoms with Gasteiger partial charge in [0.1, 0.15) is 11.4 Å². The first kappa shape index (κ1) is 14.0. The Hall–Kier alpha value is -1.03. The van der Waals surface area contributed by atoms with Crippen LogP contribution in [0.4, 0.5) is 5.69 Å². The first-order valence-electron chi connectivity index (χ1n) is 5.76. The van der Waals surface area contributed by atoms with Crippen LogP contribution < -0.4 is 4.90 Å². The van der Waals surface area contributed by atoms with Crippen molar-refractivity contribution in [2.24, 2.45) is 0 Å². The summed E-state index contributed by atoms with van der Waals surface area (Å²) >= 11 is 3.18. The number of halogens is 1. The Morgan fingerprint density at radius 3 is 2.59 bits per heavy atom. The minimum Gasteiger partial charge on any atom is -0.463 e. The van der Waals surface area contributed by atoms with Crippen LogP contribution in [0.15, 0.2) is 30.3 Å². The number of carbonyl (C=O) groups is 1. The minimum atomic E-state index is -0.241. The Balaban J connectivity index is 2.41. The maximum Gasteiger partial charge on any atom is 0.319 e. The van der Waals surface area contributed by atoms with Gasteiger partial charge >= 0.3 is 5.97 Å². The van der Waals surface area contributed by atoms with E-state index in [0.717, 1.165) is 12.2 Å². The Labute approximate surface area is 111 Å². The van der Waals surface area contributed by atoms with Gasteiger partial charge in [-0.3, -0.25) is 4.79 Å². The normalized spacial score (nSPS) is 11.9. The highest BCUT2D eigenvalue weighted by Gasteiger charge is 2.10. The number of anilines is 1. The molecule has 0 heterocycles. The van der Waals surface area contributed by atoms with Gasteiger partial charge in [0.15, 0.2) is 0 Å². The molecule has 0 radical (unpaired) electrons. The van der Waals surface area contributed by atoms with Crippen molar-refractivity contribution < 1.29 is 9.53 Å². The second-order valence-corrected chi connectivity index (χ2v) is 5.07. The Morgan fingerprint density at radius 2 is 2.06 bits per heavy atom. The van der Waals surface area contributed by atoms with Crippen LogP contribution in [0.5, 0.6) is 0 Å². The molecule has 94 valence electrons. The van der Waals surface area contributed by atoms with Crippen LogP contribution >= 0.6 is 15.9 Å². The minimum absolute atomic E-state index is 0.214. The lowest BCUT2D eigenvalue weighted by Gasteiger charge is -2.22. The largest absolute Gasteiger partial charge is 0.463 e. The third-order valence-electron chi connectivity index (χ3n) is 2.43. The van der Waals surface area contributed by atoms with Gasteiger partial charge in [0.05, 0.1) is 6.54 Å². The van der Waals surface area contributed by atoms with Crippen LogP contribution in [0, 0.1) is 0 Å². The highest BCUT2D eigenvalue weighted by Crippen LogP contribution is 2.12. The molecule has 0 fully saturated rings. The number of esters is 1. The number of ether oxygens (including phenoxy) is 1. The lowest BCUT2D eigenvalue weighted by atomic mass is 10.3. The van der Waals surface area contributed by atoms with Crippen LogP contribution in [0.1, 0.15) is 13.8 Å². The standard InChI is InChI=1S/C13H18BrNO2/c1-3-15(12-7-5-4-6-8-12)9-10-17-13(16)11(2)14/h4-8,11H,3,9-10H2,1-2H3. The Bertz CT molecular complexity index is 341. The third kappa shape index (κ3) is 4.77. The predicted octanol–water partition coefficient (Wildman–Crippen LogP) is 2.84. The molecule has 0 saturated carbocycles. The van der Waals surface area contributed by atoms with Gasteiger partial charge in [0.2, 0.25) is 0 Å². The van der Waals surface area contributed by atoms with E-state index in [9.17, 15) is 4.79 Å². The van der Waals surface area contributed by atoms with Gasteiger partial charge in [-0.05, 0) is 26.0 Å². The van der Waals surface area contributed by atoms with Gasteiger partial charge in [-0.1, -0.05) is 34.1 Å². The van der Waals surface area contributed by atoms with E-state index in [1.54, 1.807) is 6.92 Å². The average molecular weight is 300 g/mol. The molecule has 17 heavy (non-hydrogen) atoms. The van der Waals surface area contributed by atoms with E-state index in [1.165, 1.54) is 0 Å². The molecule has 1 atom stereocenters. The molecule has 4 heteroatoms. The number of likely N-dealkylation sites (N-methyl/N-ethyl adjacent to an activating group) is 1. The fourth-order valence-electron chi connectivity index (χ4n) is 1.48. The molecule has 0 aromatic heterocycles. The molecule has 0 bridgehead atoms. The summed E-state index contributed by atoms with van der Waals surface area (Å²) < 4.78 is 5.13. The van der Waals surface area contributed by atoms with Crippen LogP contribution in [0.3, 0.4) is 0 Å². The lowest BCUT2D eigenvalue weighted by Crippen LogP contribution is -2.28. The molecule has 1 unspecified atom stereocenters. The number of hydrogen-bond acceptors (Lipinski definition) is 3. The molecule has 1 rings (SSSR count). The summed E-state index contributed by atoms with van der Waals surface area (Å²) in [5.74, 6) is -0.214. The molecule has 0 N–H and O–H groups in total. The number of benzene rings is 1. The number of alkyl halides is 1. The maximum absolute atomic E-state index is 11.3. The second-order valence-electron chi connectivity index (χ2n) is 3.70. The molecule has 0 aliphatic carbocycles. The molecule has 1 aromatic carbocycles. The summed E-state index contributed by atoms with van der Waals surface area (Å²) in [6.07, 6.45) is 0. The van der Waals surface area contributed by atoms with Crippen LogP contribution in [-0.4, -0.2) is 30.5 Å². The summed E-state index contributed by atoms with van der Waals surface area (Å²) in [5.41, 5.74) is 1.15. The predicted molar refractivity (Wildman–Crippen MR) is 73.7 cm³/mol. The van der Waals surface area contributed by atoms with Crippen molar-refractivity contribution in [3.05, 3.63) is 30.3 Å². The van der Waals surface area contributed by atoms with E-state index in [4.69, 9.17) is 4.74 Å². The molecule has 0 spiro atoms. The highest BCUT2D eigenvalue weighted by molar-refractivity contribution is 9.10. The molecular formula is C13H18BrNO2. The summed E-state index contributed by atoms with van der Waals surface area (Å²) in [6.45, 7) is 5.87. The van der Waals surface area contributed by atoms with E-state index in [2.05, 4.69) is 39.9 Å². The summed E-state index contributed by atoms with van der Waals surface area (Å²) in [6, 6.07) is 10.1. The Kier molecular flexibility index (Phi) is 6.05. The number of nitrogens with zero attached hydrogens (tertiary/aromatic N) is 1. The topological polar surface area (TPSA) is 29.5 Å². The molecule has 1 aromatic rings. The second kappa shape index (κ2) is 7.33. The van der Waals surface area contributed by atoms with Crippen molar-refractivity contribution >= 4 is 27.6 Å². The number of hydrogen-bond donors (Lipinski definition) is 0. The van der Waals surface area contributed by atoms with E-state index in [0.29, 0.717) is 13.2 Å². The fraction of sp³-hybridized carbons (Fsp3) is 0.462. The van der Waals surface area contributed by atoms with Gasteiger partial charge in [-0.2, -0.15) is 0 Å². The third-order valence-corrected chi connectivity index (χ3v) is 2.81. The smallest absolute Gasteiger partial charge is 0.319 e. The first-order valence-corrected chi connectivity index (χ1v) is 6.67. The van der Waals surface area contributed by atoms with Gasteiger partial charge in [0.25, 0.3) is 0 Å². The average Bonchev–Trinajstić information content (AvgIpc) is 2.35. The molecule has 0 amide bonds. The molecule has 0 aliphatic rings. The van der Waals surface area contributed by atoms with Crippen LogP contribution in [0.2, 0.25) is 0 Å². The summed E-state index contributed by atoms with van der Waals surface area (Å²) in [5, 5.41) is 0. The zero-order valence-electron chi connectivity index (χ0n) is 10.2. The van der Waals surface area contributed by atoms with E-state index in [1.807, 2.05) is 18.2 Å². The van der Waals surface area contributed by atoms with Crippen LogP contribution in [0.25, 0.3) is 0 Å². The van der Waals surface area contributed by atoms with Crippen molar-refractivity contribution in [3.8, 4) is 0 Å². The van der Waals surface area contributed by atoms with E-state index in [-0.39, 0.29) is 10.8 Å². The van der Waals surface area contributed by atoms with Gasteiger partial charge in [-0.15, -0.1) is 0 Å². The first-order chi connectivity index (χ1) is 8.15. The Morgan fingerprint density at radius 1 is 1.41 bits per heavy atom.